The molecule has 145 heavy (non-hydrogen) atoms. The van der Waals surface area contributed by atoms with Gasteiger partial charge in [0.25, 0.3) is 0 Å². The molecule has 5 aliphatic rings. The van der Waals surface area contributed by atoms with Crippen molar-refractivity contribution in [3.63, 3.8) is 0 Å². The molecule has 23 unspecified atom stereocenters. The number of sulfonamides is 1. The van der Waals surface area contributed by atoms with Crippen LogP contribution in [0.25, 0.3) is 0 Å². The molecule has 0 aromatic heterocycles. The van der Waals surface area contributed by atoms with Crippen LogP contribution >= 0.6 is 0 Å². The van der Waals surface area contributed by atoms with E-state index in [0.717, 1.165) is 50.1 Å². The second-order valence-corrected chi connectivity index (χ2v) is 37.7. The van der Waals surface area contributed by atoms with Gasteiger partial charge in [-0.15, -0.1) is 0 Å². The van der Waals surface area contributed by atoms with Crippen molar-refractivity contribution in [1.82, 2.24) is 4.72 Å². The lowest BCUT2D eigenvalue weighted by Gasteiger charge is -2.52. The molecule has 29 heteroatoms. The Morgan fingerprint density at radius 3 is 0.979 bits per heavy atom. The van der Waals surface area contributed by atoms with E-state index in [-0.39, 0.29) is 104 Å². The highest BCUT2D eigenvalue weighted by Crippen LogP contribution is 2.42. The van der Waals surface area contributed by atoms with Crippen molar-refractivity contribution in [3.8, 4) is 5.75 Å². The third-order valence-corrected chi connectivity index (χ3v) is 27.0. The number of carbonyl (C=O) groups excluding carboxylic acids is 1. The van der Waals surface area contributed by atoms with Crippen LogP contribution in [0.5, 0.6) is 5.75 Å². The van der Waals surface area contributed by atoms with Crippen LogP contribution in [-0.4, -0.2) is 206 Å². The lowest BCUT2D eigenvalue weighted by Crippen LogP contribution is -2.70. The van der Waals surface area contributed by atoms with Gasteiger partial charge in [0.05, 0.1) is 124 Å². The van der Waals surface area contributed by atoms with Gasteiger partial charge in [-0.3, -0.25) is 4.79 Å². The minimum atomic E-state index is -4.72. The first-order chi connectivity index (χ1) is 71.2. The summed E-state index contributed by atoms with van der Waals surface area (Å²) >= 11 is 0. The summed E-state index contributed by atoms with van der Waals surface area (Å²) in [6, 6.07) is 109. The van der Waals surface area contributed by atoms with Crippen molar-refractivity contribution in [1.29, 1.82) is 0 Å². The lowest BCUT2D eigenvalue weighted by atomic mass is 9.94. The molecule has 762 valence electrons. The number of benzene rings is 12. The van der Waals surface area contributed by atoms with Gasteiger partial charge >= 0.3 is 5.97 Å². The summed E-state index contributed by atoms with van der Waals surface area (Å²) in [6.45, 7) is 0.0630. The van der Waals surface area contributed by atoms with E-state index in [1.807, 2.05) is 315 Å². The molecule has 3 N–H and O–H groups in total. The second-order valence-electron chi connectivity index (χ2n) is 36.0. The van der Waals surface area contributed by atoms with Crippen LogP contribution in [0.15, 0.2) is 375 Å². The maximum atomic E-state index is 16.0. The molecule has 0 spiro atoms. The Hall–Kier alpha value is -11.5. The van der Waals surface area contributed by atoms with Gasteiger partial charge in [0.15, 0.2) is 37.4 Å². The summed E-state index contributed by atoms with van der Waals surface area (Å²) in [5.74, 6) is -0.349. The highest BCUT2D eigenvalue weighted by molar-refractivity contribution is 7.89. The van der Waals surface area contributed by atoms with Gasteiger partial charge in [-0.2, -0.15) is 0 Å². The molecule has 0 amide bonds. The number of hydrogen-bond acceptors (Lipinski definition) is 27. The molecular formula is C116H125NO27S. The maximum Gasteiger partial charge on any atom is 0.303 e. The summed E-state index contributed by atoms with van der Waals surface area (Å²) in [5.41, 5.74) is 8.66. The van der Waals surface area contributed by atoms with Crippen LogP contribution in [0.3, 0.4) is 0 Å². The molecular weight excluding hydrogens is 1870 g/mol. The van der Waals surface area contributed by atoms with Gasteiger partial charge in [0.1, 0.15) is 109 Å². The number of hydrogen-bond donors (Lipinski definition) is 3. The van der Waals surface area contributed by atoms with Crippen molar-refractivity contribution >= 4 is 16.0 Å². The molecule has 17 rings (SSSR count). The molecule has 4 saturated heterocycles. The number of methoxy groups -OCH3 is 1. The van der Waals surface area contributed by atoms with Crippen LogP contribution in [0.4, 0.5) is 0 Å². The number of aliphatic hydroxyl groups excluding tert-OH is 2. The SMILES string of the molecule is COc1ccc(COC2C(COC3OC(COCc4ccccc4)C(OCc4ccccc4)C(OCc4ccccc4)C3O)OC(OC3C(COCc4ccccc4)OC(OC4C(OCc5ccccc5)C=COC4COCc4ccccc4)C(NS(=O)(=O)c4ccccc4)C3OCc3ccccc3)C(OC(C)=O)C2OC2OC(COCc3ccccc3)C(OCc3ccccc3)C(OCc3ccccc3)C2O)cc1. The third-order valence-electron chi connectivity index (χ3n) is 25.5. The van der Waals surface area contributed by atoms with Crippen LogP contribution < -0.4 is 9.46 Å². The molecule has 28 nitrogen and oxygen atoms in total. The molecule has 5 heterocycles. The second kappa shape index (κ2) is 54.3. The van der Waals surface area contributed by atoms with E-state index in [2.05, 4.69) is 4.72 Å². The van der Waals surface area contributed by atoms with E-state index < -0.39 is 164 Å². The van der Waals surface area contributed by atoms with E-state index in [9.17, 15) is 10.2 Å². The number of nitrogens with one attached hydrogen (secondary N) is 1. The van der Waals surface area contributed by atoms with Gasteiger partial charge in [-0.1, -0.05) is 334 Å². The average molecular weight is 2000 g/mol. The number of rotatable bonds is 51. The van der Waals surface area contributed by atoms with Gasteiger partial charge in [0, 0.05) is 6.92 Å². The van der Waals surface area contributed by atoms with E-state index in [1.54, 1.807) is 43.5 Å². The molecule has 23 atom stereocenters. The highest BCUT2D eigenvalue weighted by Gasteiger charge is 2.60. The van der Waals surface area contributed by atoms with Crippen LogP contribution in [0.1, 0.15) is 68.1 Å². The molecule has 12 aromatic carbocycles. The van der Waals surface area contributed by atoms with Crippen LogP contribution in [0, 0.1) is 0 Å². The van der Waals surface area contributed by atoms with Gasteiger partial charge in [-0.05, 0) is 91.5 Å². The largest absolute Gasteiger partial charge is 0.497 e. The first-order valence-corrected chi connectivity index (χ1v) is 50.5. The standard InChI is InChI=1S/C116H125NO27S/c1-80(118)137-112-111(144-115-102(120)110(135-73-90-54-32-12-33-55-90)105(131-70-87-48-26-9-27-49-87)97(140-115)77-126-66-83-40-18-5-19-41-83)106(132-74-91-58-60-92(123-2)61-59-91)99(79-136-114-101(119)109(134-72-89-52-30-11-31-53-89)104(130-69-86-46-24-8-25-47-86)96(139-114)76-125-65-82-38-16-4-17-39-82)141-116(112)143-107-98(78-127-67-84-42-20-6-21-43-84)138-113(100(108(107)133-71-88-50-28-10-29-51-88)117-145(121,122)93-56-34-13-35-57-93)142-103-94(129-68-85-44-22-7-23-45-85)62-63-128-95(103)75-124-64-81-36-14-3-15-37-81/h3-63,94-117,119-120H,64-79H2,1-2H3. The molecule has 0 aliphatic carbocycles. The van der Waals surface area contributed by atoms with Crippen molar-refractivity contribution in [2.45, 2.75) is 226 Å². The fraction of sp³-hybridized carbons (Fsp3) is 0.353. The zero-order valence-electron chi connectivity index (χ0n) is 80.8. The number of ether oxygens (including phenoxy) is 22. The van der Waals surface area contributed by atoms with Crippen molar-refractivity contribution in [2.24, 2.45) is 0 Å². The Morgan fingerprint density at radius 2 is 0.586 bits per heavy atom. The number of esters is 1. The average Bonchev–Trinajstić information content (AvgIpc) is 0.752. The van der Waals surface area contributed by atoms with E-state index in [0.29, 0.717) is 16.9 Å². The number of carbonyl (C=O) groups is 1. The Labute approximate surface area is 846 Å². The monoisotopic (exact) mass is 2000 g/mol. The minimum absolute atomic E-state index is 0.00204. The predicted octanol–water partition coefficient (Wildman–Crippen LogP) is 15.9. The molecule has 5 aliphatic heterocycles. The van der Waals surface area contributed by atoms with Crippen molar-refractivity contribution in [2.75, 3.05) is 40.1 Å². The van der Waals surface area contributed by atoms with Crippen LogP contribution in [0.2, 0.25) is 0 Å². The van der Waals surface area contributed by atoms with E-state index >= 15 is 13.2 Å². The zero-order valence-corrected chi connectivity index (χ0v) is 81.6. The van der Waals surface area contributed by atoms with Gasteiger partial charge < -0.3 is 114 Å². The fourth-order valence-electron chi connectivity index (χ4n) is 18.1. The van der Waals surface area contributed by atoms with Crippen LogP contribution in [-0.2, 0) is 187 Å². The Morgan fingerprint density at radius 1 is 0.290 bits per heavy atom. The summed E-state index contributed by atoms with van der Waals surface area (Å²) in [5, 5.41) is 27.3. The molecule has 12 aromatic rings. The lowest BCUT2D eigenvalue weighted by molar-refractivity contribution is -0.390. The Balaban J connectivity index is 0.816. The van der Waals surface area contributed by atoms with Crippen molar-refractivity contribution < 1.29 is 128 Å². The first kappa shape index (κ1) is 105. The summed E-state index contributed by atoms with van der Waals surface area (Å²) in [4.78, 5) is 14.9. The summed E-state index contributed by atoms with van der Waals surface area (Å²) in [7, 11) is -3.16. The highest BCUT2D eigenvalue weighted by atomic mass is 32.2. The predicted molar refractivity (Wildman–Crippen MR) is 533 cm³/mol. The van der Waals surface area contributed by atoms with E-state index in [4.69, 9.17) is 104 Å². The smallest absolute Gasteiger partial charge is 0.303 e. The molecule has 0 bridgehead atoms. The minimum Gasteiger partial charge on any atom is -0.497 e. The van der Waals surface area contributed by atoms with E-state index in [1.165, 1.54) is 25.3 Å². The summed E-state index contributed by atoms with van der Waals surface area (Å²) < 4.78 is 190. The Bertz CT molecular complexity index is 5890. The van der Waals surface area contributed by atoms with Gasteiger partial charge in [0.2, 0.25) is 10.0 Å². The Kier molecular flexibility index (Phi) is 39.3. The topological polar surface area (TPSA) is 307 Å². The number of aliphatic hydroxyl groups is 2. The maximum absolute atomic E-state index is 16.0. The quantitative estimate of drug-likeness (QED) is 0.0298. The third kappa shape index (κ3) is 30.2. The molecule has 0 radical (unpaired) electrons. The zero-order chi connectivity index (χ0) is 99.6. The molecule has 4 fully saturated rings. The van der Waals surface area contributed by atoms with Gasteiger partial charge in [-0.25, -0.2) is 13.1 Å². The fourth-order valence-corrected chi connectivity index (χ4v) is 19.3. The summed E-state index contributed by atoms with van der Waals surface area (Å²) in [6.07, 6.45) is -28.6. The first-order valence-electron chi connectivity index (χ1n) is 49.0. The van der Waals surface area contributed by atoms with Crippen molar-refractivity contribution in [3.05, 3.63) is 431 Å². The normalized spacial score (nSPS) is 26.3. The molecule has 0 saturated carbocycles.